The summed E-state index contributed by atoms with van der Waals surface area (Å²) in [7, 11) is 3.57. The van der Waals surface area contributed by atoms with E-state index in [1.165, 1.54) is 4.68 Å². The Hall–Kier alpha value is -2.38. The van der Waals surface area contributed by atoms with Crippen LogP contribution in [0.5, 0.6) is 0 Å². The molecule has 2 rings (SSSR count). The van der Waals surface area contributed by atoms with E-state index in [-0.39, 0.29) is 16.5 Å². The zero-order valence-electron chi connectivity index (χ0n) is 12.9. The Labute approximate surface area is 122 Å². The molecule has 0 amide bonds. The van der Waals surface area contributed by atoms with Crippen molar-refractivity contribution in [2.75, 3.05) is 5.32 Å². The van der Waals surface area contributed by atoms with Crippen molar-refractivity contribution in [3.05, 3.63) is 33.3 Å². The number of nitro groups is 1. The monoisotopic (exact) mass is 292 g/mol. The van der Waals surface area contributed by atoms with Gasteiger partial charge in [0.05, 0.1) is 11.1 Å². The molecule has 0 aliphatic heterocycles. The first-order valence-corrected chi connectivity index (χ1v) is 6.75. The van der Waals surface area contributed by atoms with Crippen LogP contribution in [0.1, 0.15) is 36.7 Å². The van der Waals surface area contributed by atoms with Crippen molar-refractivity contribution in [1.82, 2.24) is 19.6 Å². The minimum atomic E-state index is -0.374. The van der Waals surface area contributed by atoms with Crippen molar-refractivity contribution in [3.8, 4) is 0 Å². The predicted octanol–water partition coefficient (Wildman–Crippen LogP) is 2.11. The van der Waals surface area contributed by atoms with Gasteiger partial charge < -0.3 is 5.32 Å². The smallest absolute Gasteiger partial charge is 0.334 e. The van der Waals surface area contributed by atoms with Gasteiger partial charge in [0.15, 0.2) is 0 Å². The molecular weight excluding hydrogens is 272 g/mol. The second-order valence-corrected chi connectivity index (χ2v) is 5.35. The van der Waals surface area contributed by atoms with Crippen LogP contribution in [0.25, 0.3) is 0 Å². The van der Waals surface area contributed by atoms with E-state index in [0.29, 0.717) is 18.1 Å². The molecule has 0 fully saturated rings. The Bertz CT molecular complexity index is 670. The maximum atomic E-state index is 11.3. The third-order valence-electron chi connectivity index (χ3n) is 3.56. The minimum Gasteiger partial charge on any atom is -0.360 e. The second kappa shape index (κ2) is 5.55. The molecule has 8 heteroatoms. The van der Waals surface area contributed by atoms with Crippen molar-refractivity contribution in [1.29, 1.82) is 0 Å². The van der Waals surface area contributed by atoms with E-state index >= 15 is 0 Å². The molecular formula is C13H20N6O2. The summed E-state index contributed by atoms with van der Waals surface area (Å²) in [5, 5.41) is 22.9. The summed E-state index contributed by atoms with van der Waals surface area (Å²) in [6.07, 6.45) is 1.76. The first kappa shape index (κ1) is 15.0. The Morgan fingerprint density at radius 2 is 2.05 bits per heavy atom. The van der Waals surface area contributed by atoms with Gasteiger partial charge in [0, 0.05) is 37.8 Å². The third kappa shape index (κ3) is 2.74. The van der Waals surface area contributed by atoms with E-state index < -0.39 is 0 Å². The molecule has 2 aromatic rings. The highest BCUT2D eigenvalue weighted by Crippen LogP contribution is 2.33. The quantitative estimate of drug-likeness (QED) is 0.673. The Balaban J connectivity index is 2.31. The number of aromatic nitrogens is 4. The summed E-state index contributed by atoms with van der Waals surface area (Å²) >= 11 is 0. The standard InChI is InChI=1S/C13H20N6O2/c1-8(2)11-12(19(20)21)13(18(5)16-11)14-6-10-7-15-17(4)9(10)3/h7-8,14H,6H2,1-5H3. The zero-order valence-corrected chi connectivity index (χ0v) is 12.9. The van der Waals surface area contributed by atoms with Crippen LogP contribution >= 0.6 is 0 Å². The lowest BCUT2D eigenvalue weighted by Crippen LogP contribution is -2.07. The summed E-state index contributed by atoms with van der Waals surface area (Å²) < 4.78 is 3.30. The molecule has 114 valence electrons. The van der Waals surface area contributed by atoms with Crippen LogP contribution in [0.15, 0.2) is 6.20 Å². The zero-order chi connectivity index (χ0) is 15.7. The number of hydrogen-bond acceptors (Lipinski definition) is 5. The highest BCUT2D eigenvalue weighted by atomic mass is 16.6. The summed E-state index contributed by atoms with van der Waals surface area (Å²) in [4.78, 5) is 11.0. The van der Waals surface area contributed by atoms with Gasteiger partial charge in [-0.15, -0.1) is 0 Å². The van der Waals surface area contributed by atoms with Crippen molar-refractivity contribution < 1.29 is 4.92 Å². The number of hydrogen-bond donors (Lipinski definition) is 1. The van der Waals surface area contributed by atoms with Crippen molar-refractivity contribution >= 4 is 11.5 Å². The molecule has 21 heavy (non-hydrogen) atoms. The SMILES string of the molecule is Cc1c(CNc2c([N+](=O)[O-])c(C(C)C)nn2C)cnn1C. The molecule has 0 saturated carbocycles. The summed E-state index contributed by atoms with van der Waals surface area (Å²) in [6, 6.07) is 0. The van der Waals surface area contributed by atoms with E-state index in [0.717, 1.165) is 11.3 Å². The Morgan fingerprint density at radius 1 is 1.38 bits per heavy atom. The van der Waals surface area contributed by atoms with E-state index in [2.05, 4.69) is 15.5 Å². The molecule has 1 N–H and O–H groups in total. The molecule has 8 nitrogen and oxygen atoms in total. The van der Waals surface area contributed by atoms with Gasteiger partial charge in [-0.1, -0.05) is 13.8 Å². The molecule has 0 aromatic carbocycles. The summed E-state index contributed by atoms with van der Waals surface area (Å²) in [6.45, 7) is 6.22. The number of nitrogens with zero attached hydrogens (tertiary/aromatic N) is 5. The van der Waals surface area contributed by atoms with Crippen LogP contribution in [0, 0.1) is 17.0 Å². The lowest BCUT2D eigenvalue weighted by Gasteiger charge is -2.06. The largest absolute Gasteiger partial charge is 0.360 e. The lowest BCUT2D eigenvalue weighted by molar-refractivity contribution is -0.384. The maximum absolute atomic E-state index is 11.3. The van der Waals surface area contributed by atoms with Crippen LogP contribution in [0.2, 0.25) is 0 Å². The van der Waals surface area contributed by atoms with E-state index in [9.17, 15) is 10.1 Å². The highest BCUT2D eigenvalue weighted by Gasteiger charge is 2.28. The van der Waals surface area contributed by atoms with Gasteiger partial charge in [-0.2, -0.15) is 10.2 Å². The van der Waals surface area contributed by atoms with Crippen LogP contribution in [0.3, 0.4) is 0 Å². The molecule has 0 atom stereocenters. The van der Waals surface area contributed by atoms with Gasteiger partial charge >= 0.3 is 5.69 Å². The maximum Gasteiger partial charge on any atom is 0.334 e. The summed E-state index contributed by atoms with van der Waals surface area (Å²) in [5.74, 6) is 0.416. The molecule has 0 saturated heterocycles. The Kier molecular flexibility index (Phi) is 3.97. The molecule has 2 heterocycles. The number of anilines is 1. The van der Waals surface area contributed by atoms with E-state index in [1.807, 2.05) is 27.8 Å². The predicted molar refractivity (Wildman–Crippen MR) is 79.2 cm³/mol. The molecule has 2 aromatic heterocycles. The second-order valence-electron chi connectivity index (χ2n) is 5.35. The molecule has 0 aliphatic carbocycles. The molecule has 0 bridgehead atoms. The van der Waals surface area contributed by atoms with Gasteiger partial charge in [-0.25, -0.2) is 4.68 Å². The van der Waals surface area contributed by atoms with Gasteiger partial charge in [0.25, 0.3) is 0 Å². The van der Waals surface area contributed by atoms with Gasteiger partial charge in [0.2, 0.25) is 5.82 Å². The van der Waals surface area contributed by atoms with Gasteiger partial charge in [-0.05, 0) is 6.92 Å². The molecule has 0 spiro atoms. The van der Waals surface area contributed by atoms with E-state index in [1.54, 1.807) is 17.9 Å². The van der Waals surface area contributed by atoms with Crippen LogP contribution in [0.4, 0.5) is 11.5 Å². The average molecular weight is 292 g/mol. The fourth-order valence-corrected chi connectivity index (χ4v) is 2.20. The van der Waals surface area contributed by atoms with E-state index in [4.69, 9.17) is 0 Å². The topological polar surface area (TPSA) is 90.8 Å². The fourth-order valence-electron chi connectivity index (χ4n) is 2.20. The van der Waals surface area contributed by atoms with Crippen molar-refractivity contribution in [2.24, 2.45) is 14.1 Å². The third-order valence-corrected chi connectivity index (χ3v) is 3.56. The number of aryl methyl sites for hydroxylation is 2. The van der Waals surface area contributed by atoms with Crippen molar-refractivity contribution in [2.45, 2.75) is 33.2 Å². The molecule has 0 radical (unpaired) electrons. The number of rotatable bonds is 5. The van der Waals surface area contributed by atoms with Gasteiger partial charge in [0.1, 0.15) is 5.69 Å². The Morgan fingerprint density at radius 3 is 2.52 bits per heavy atom. The highest BCUT2D eigenvalue weighted by molar-refractivity contribution is 5.60. The first-order valence-electron chi connectivity index (χ1n) is 6.75. The minimum absolute atomic E-state index is 0.00715. The summed E-state index contributed by atoms with van der Waals surface area (Å²) in [5.41, 5.74) is 2.57. The molecule has 0 aliphatic rings. The molecule has 0 unspecified atom stereocenters. The lowest BCUT2D eigenvalue weighted by atomic mass is 10.1. The van der Waals surface area contributed by atoms with Crippen LogP contribution in [-0.2, 0) is 20.6 Å². The van der Waals surface area contributed by atoms with Crippen LogP contribution < -0.4 is 5.32 Å². The first-order chi connectivity index (χ1) is 9.82. The fraction of sp³-hybridized carbons (Fsp3) is 0.538. The van der Waals surface area contributed by atoms with Gasteiger partial charge in [-0.3, -0.25) is 14.8 Å². The number of nitrogens with one attached hydrogen (secondary N) is 1. The van der Waals surface area contributed by atoms with Crippen molar-refractivity contribution in [3.63, 3.8) is 0 Å². The average Bonchev–Trinajstić information content (AvgIpc) is 2.90. The normalized spacial score (nSPS) is 11.1. The van der Waals surface area contributed by atoms with Crippen LogP contribution in [-0.4, -0.2) is 24.5 Å².